The first-order valence-corrected chi connectivity index (χ1v) is 7.71. The largest absolute Gasteiger partial charge is 0.496 e. The molecular formula is C13H22O3Si. The van der Waals surface area contributed by atoms with E-state index < -0.39 is 9.28 Å². The van der Waals surface area contributed by atoms with Crippen molar-refractivity contribution in [3.8, 4) is 5.75 Å². The van der Waals surface area contributed by atoms with Crippen LogP contribution in [0.4, 0.5) is 0 Å². The van der Waals surface area contributed by atoms with Crippen molar-refractivity contribution in [3.05, 3.63) is 29.8 Å². The van der Waals surface area contributed by atoms with Crippen molar-refractivity contribution in [2.75, 3.05) is 21.3 Å². The zero-order valence-electron chi connectivity index (χ0n) is 11.1. The van der Waals surface area contributed by atoms with Crippen LogP contribution in [0.15, 0.2) is 24.3 Å². The Balaban J connectivity index is 2.85. The van der Waals surface area contributed by atoms with Crippen molar-refractivity contribution < 1.29 is 13.6 Å². The fraction of sp³-hybridized carbons (Fsp3) is 0.538. The Hall–Kier alpha value is -0.843. The summed E-state index contributed by atoms with van der Waals surface area (Å²) >= 11 is 0. The molecule has 0 heterocycles. The summed E-state index contributed by atoms with van der Waals surface area (Å²) in [5, 5.41) is 0. The Labute approximate surface area is 106 Å². The summed E-state index contributed by atoms with van der Waals surface area (Å²) in [4.78, 5) is 0. The first-order valence-electron chi connectivity index (χ1n) is 5.95. The second kappa shape index (κ2) is 7.48. The van der Waals surface area contributed by atoms with E-state index in [0.717, 1.165) is 18.2 Å². The molecule has 96 valence electrons. The van der Waals surface area contributed by atoms with Crippen LogP contribution in [0, 0.1) is 0 Å². The van der Waals surface area contributed by atoms with Crippen LogP contribution < -0.4 is 4.74 Å². The number of hydrogen-bond donors (Lipinski definition) is 0. The molecule has 17 heavy (non-hydrogen) atoms. The van der Waals surface area contributed by atoms with E-state index in [0.29, 0.717) is 5.92 Å². The molecule has 0 N–H and O–H groups in total. The Kier molecular flexibility index (Phi) is 6.25. The number of hydrogen-bond acceptors (Lipinski definition) is 3. The molecule has 4 heteroatoms. The van der Waals surface area contributed by atoms with E-state index >= 15 is 0 Å². The highest BCUT2D eigenvalue weighted by Crippen LogP contribution is 2.32. The molecule has 0 aliphatic carbocycles. The van der Waals surface area contributed by atoms with Gasteiger partial charge in [0.25, 0.3) is 0 Å². The molecule has 1 unspecified atom stereocenters. The third-order valence-electron chi connectivity index (χ3n) is 3.07. The summed E-state index contributed by atoms with van der Waals surface area (Å²) in [6.07, 6.45) is 1.07. The van der Waals surface area contributed by atoms with E-state index in [9.17, 15) is 0 Å². The average molecular weight is 254 g/mol. The van der Waals surface area contributed by atoms with Gasteiger partial charge in [-0.05, 0) is 30.0 Å². The van der Waals surface area contributed by atoms with Crippen molar-refractivity contribution in [2.24, 2.45) is 0 Å². The van der Waals surface area contributed by atoms with Gasteiger partial charge in [-0.15, -0.1) is 0 Å². The lowest BCUT2D eigenvalue weighted by Gasteiger charge is -2.21. The third-order valence-corrected chi connectivity index (χ3v) is 5.08. The molecule has 1 aromatic carbocycles. The van der Waals surface area contributed by atoms with Gasteiger partial charge in [0.05, 0.1) is 7.11 Å². The van der Waals surface area contributed by atoms with Gasteiger partial charge in [-0.25, -0.2) is 0 Å². The molecule has 1 aromatic rings. The topological polar surface area (TPSA) is 27.7 Å². The lowest BCUT2D eigenvalue weighted by Crippen LogP contribution is -2.22. The summed E-state index contributed by atoms with van der Waals surface area (Å²) in [6, 6.07) is 9.16. The average Bonchev–Trinajstić information content (AvgIpc) is 2.40. The van der Waals surface area contributed by atoms with Crippen LogP contribution in [0.3, 0.4) is 0 Å². The Morgan fingerprint density at radius 3 is 2.29 bits per heavy atom. The smallest absolute Gasteiger partial charge is 0.321 e. The van der Waals surface area contributed by atoms with Crippen molar-refractivity contribution >= 4 is 9.28 Å². The van der Waals surface area contributed by atoms with Crippen molar-refractivity contribution in [3.63, 3.8) is 0 Å². The molecule has 0 aliphatic rings. The van der Waals surface area contributed by atoms with Crippen molar-refractivity contribution in [1.29, 1.82) is 0 Å². The van der Waals surface area contributed by atoms with Crippen molar-refractivity contribution in [1.82, 2.24) is 0 Å². The summed E-state index contributed by atoms with van der Waals surface area (Å²) in [7, 11) is 3.65. The molecule has 0 radical (unpaired) electrons. The third kappa shape index (κ3) is 3.83. The zero-order valence-corrected chi connectivity index (χ0v) is 12.3. The second-order valence-corrected chi connectivity index (χ2v) is 6.26. The van der Waals surface area contributed by atoms with Gasteiger partial charge in [0.15, 0.2) is 0 Å². The summed E-state index contributed by atoms with van der Waals surface area (Å²) in [5.74, 6) is 1.40. The first kappa shape index (κ1) is 14.2. The van der Waals surface area contributed by atoms with Gasteiger partial charge in [0.2, 0.25) is 0 Å². The quantitative estimate of drug-likeness (QED) is 0.700. The minimum absolute atomic E-state index is 0.447. The monoisotopic (exact) mass is 254 g/mol. The van der Waals surface area contributed by atoms with Gasteiger partial charge in [0.1, 0.15) is 5.75 Å². The van der Waals surface area contributed by atoms with Gasteiger partial charge in [-0.3, -0.25) is 0 Å². The molecule has 1 atom stereocenters. The summed E-state index contributed by atoms with van der Waals surface area (Å²) in [6.45, 7) is 2.19. The molecule has 1 rings (SSSR count). The summed E-state index contributed by atoms with van der Waals surface area (Å²) < 4.78 is 16.2. The highest BCUT2D eigenvalue weighted by atomic mass is 28.3. The molecule has 0 saturated carbocycles. The maximum Gasteiger partial charge on any atom is 0.321 e. The second-order valence-electron chi connectivity index (χ2n) is 3.98. The molecule has 0 aromatic heterocycles. The normalized spacial score (nSPS) is 12.8. The molecule has 3 nitrogen and oxygen atoms in total. The van der Waals surface area contributed by atoms with E-state index in [2.05, 4.69) is 19.1 Å². The fourth-order valence-corrected chi connectivity index (χ4v) is 3.67. The van der Waals surface area contributed by atoms with E-state index in [-0.39, 0.29) is 0 Å². The van der Waals surface area contributed by atoms with Crippen molar-refractivity contribution in [2.45, 2.75) is 25.3 Å². The van der Waals surface area contributed by atoms with E-state index in [1.807, 2.05) is 12.1 Å². The predicted octanol–water partition coefficient (Wildman–Crippen LogP) is 2.70. The van der Waals surface area contributed by atoms with E-state index in [4.69, 9.17) is 13.6 Å². The van der Waals surface area contributed by atoms with Gasteiger partial charge >= 0.3 is 9.28 Å². The molecular weight excluding hydrogens is 232 g/mol. The Bertz CT molecular complexity index is 326. The van der Waals surface area contributed by atoms with Crippen LogP contribution in [0.5, 0.6) is 5.75 Å². The van der Waals surface area contributed by atoms with Crippen LogP contribution in [0.2, 0.25) is 6.04 Å². The van der Waals surface area contributed by atoms with Crippen LogP contribution in [-0.4, -0.2) is 30.6 Å². The van der Waals surface area contributed by atoms with Crippen LogP contribution in [0.25, 0.3) is 0 Å². The van der Waals surface area contributed by atoms with Gasteiger partial charge in [0, 0.05) is 14.2 Å². The van der Waals surface area contributed by atoms with Gasteiger partial charge in [-0.2, -0.15) is 0 Å². The highest BCUT2D eigenvalue weighted by molar-refractivity contribution is 6.44. The molecule has 0 aliphatic heterocycles. The summed E-state index contributed by atoms with van der Waals surface area (Å²) in [5.41, 5.74) is 1.25. The minimum Gasteiger partial charge on any atom is -0.496 e. The Morgan fingerprint density at radius 1 is 1.12 bits per heavy atom. The highest BCUT2D eigenvalue weighted by Gasteiger charge is 2.21. The predicted molar refractivity (Wildman–Crippen MR) is 72.0 cm³/mol. The number of benzene rings is 1. The zero-order chi connectivity index (χ0) is 12.7. The standard InChI is InChI=1S/C13H22O3Si/c1-5-11(10-17(15-3)16-4)12-8-6-7-9-13(12)14-2/h6-9,11,17H,5,10H2,1-4H3. The Morgan fingerprint density at radius 2 is 1.76 bits per heavy atom. The number of methoxy groups -OCH3 is 1. The van der Waals surface area contributed by atoms with Crippen LogP contribution >= 0.6 is 0 Å². The molecule has 0 fully saturated rings. The lowest BCUT2D eigenvalue weighted by atomic mass is 9.97. The minimum atomic E-state index is -1.52. The van der Waals surface area contributed by atoms with Gasteiger partial charge in [-0.1, -0.05) is 25.1 Å². The lowest BCUT2D eigenvalue weighted by molar-refractivity contribution is 0.273. The molecule has 0 saturated heterocycles. The van der Waals surface area contributed by atoms with Gasteiger partial charge < -0.3 is 13.6 Å². The number of para-hydroxylation sites is 1. The van der Waals surface area contributed by atoms with E-state index in [1.165, 1.54) is 5.56 Å². The fourth-order valence-electron chi connectivity index (χ4n) is 2.04. The van der Waals surface area contributed by atoms with Crippen LogP contribution in [-0.2, 0) is 8.85 Å². The van der Waals surface area contributed by atoms with Crippen LogP contribution in [0.1, 0.15) is 24.8 Å². The number of rotatable bonds is 7. The van der Waals surface area contributed by atoms with E-state index in [1.54, 1.807) is 21.3 Å². The maximum absolute atomic E-state index is 5.41. The molecule has 0 amide bonds. The SMILES string of the molecule is CCC(C[SiH](OC)OC)c1ccccc1OC. The number of ether oxygens (including phenoxy) is 1. The first-order chi connectivity index (χ1) is 8.26. The maximum atomic E-state index is 5.41. The molecule has 0 spiro atoms. The molecule has 0 bridgehead atoms.